The van der Waals surface area contributed by atoms with Crippen molar-refractivity contribution in [1.82, 2.24) is 20.2 Å². The van der Waals surface area contributed by atoms with E-state index in [-0.39, 0.29) is 5.92 Å². The molecule has 0 spiro atoms. The van der Waals surface area contributed by atoms with Crippen molar-refractivity contribution in [3.8, 4) is 11.4 Å². The van der Waals surface area contributed by atoms with Crippen LogP contribution < -0.4 is 4.74 Å². The molecule has 84 valence electrons. The highest BCUT2D eigenvalue weighted by Crippen LogP contribution is 2.20. The number of benzene rings is 1. The first-order valence-corrected chi connectivity index (χ1v) is 5.15. The van der Waals surface area contributed by atoms with Gasteiger partial charge < -0.3 is 4.74 Å². The molecule has 1 aromatic carbocycles. The summed E-state index contributed by atoms with van der Waals surface area (Å²) >= 11 is 0. The van der Waals surface area contributed by atoms with Gasteiger partial charge in [0.2, 0.25) is 0 Å². The standard InChI is InChI=1S/C11H14N4O/c1-8(2)11-12-14-15(13-11)9-6-4-5-7-10(9)16-3/h4-8H,1-3H3. The Labute approximate surface area is 94.0 Å². The molecule has 0 aliphatic carbocycles. The van der Waals surface area contributed by atoms with E-state index in [0.717, 1.165) is 17.3 Å². The van der Waals surface area contributed by atoms with Gasteiger partial charge in [0.15, 0.2) is 5.82 Å². The topological polar surface area (TPSA) is 52.8 Å². The number of rotatable bonds is 3. The Morgan fingerprint density at radius 3 is 2.62 bits per heavy atom. The maximum absolute atomic E-state index is 5.24. The van der Waals surface area contributed by atoms with Crippen molar-refractivity contribution in [3.63, 3.8) is 0 Å². The molecule has 1 heterocycles. The summed E-state index contributed by atoms with van der Waals surface area (Å²) < 4.78 is 5.24. The van der Waals surface area contributed by atoms with Gasteiger partial charge in [-0.1, -0.05) is 26.0 Å². The summed E-state index contributed by atoms with van der Waals surface area (Å²) in [6, 6.07) is 7.58. The van der Waals surface area contributed by atoms with Gasteiger partial charge in [-0.05, 0) is 17.3 Å². The summed E-state index contributed by atoms with van der Waals surface area (Å²) in [5, 5.41) is 12.3. The first-order chi connectivity index (χ1) is 7.72. The third-order valence-corrected chi connectivity index (χ3v) is 2.25. The number of methoxy groups -OCH3 is 1. The van der Waals surface area contributed by atoms with E-state index in [4.69, 9.17) is 4.74 Å². The van der Waals surface area contributed by atoms with Crippen LogP contribution >= 0.6 is 0 Å². The van der Waals surface area contributed by atoms with Gasteiger partial charge in [0.05, 0.1) is 7.11 Å². The molecular weight excluding hydrogens is 204 g/mol. The normalized spacial score (nSPS) is 10.8. The van der Waals surface area contributed by atoms with E-state index in [9.17, 15) is 0 Å². The minimum absolute atomic E-state index is 0.267. The van der Waals surface area contributed by atoms with Crippen LogP contribution in [0.4, 0.5) is 0 Å². The number of nitrogens with zero attached hydrogens (tertiary/aromatic N) is 4. The van der Waals surface area contributed by atoms with Crippen molar-refractivity contribution in [2.75, 3.05) is 7.11 Å². The van der Waals surface area contributed by atoms with E-state index < -0.39 is 0 Å². The quantitative estimate of drug-likeness (QED) is 0.788. The number of ether oxygens (including phenoxy) is 1. The lowest BCUT2D eigenvalue weighted by atomic mass is 10.2. The predicted octanol–water partition coefficient (Wildman–Crippen LogP) is 1.79. The van der Waals surface area contributed by atoms with Crippen LogP contribution in [0, 0.1) is 0 Å². The molecule has 0 N–H and O–H groups in total. The van der Waals surface area contributed by atoms with Gasteiger partial charge in [0.1, 0.15) is 11.4 Å². The Morgan fingerprint density at radius 1 is 1.25 bits per heavy atom. The minimum atomic E-state index is 0.267. The zero-order chi connectivity index (χ0) is 11.5. The van der Waals surface area contributed by atoms with Gasteiger partial charge in [-0.25, -0.2) is 0 Å². The lowest BCUT2D eigenvalue weighted by Gasteiger charge is -2.05. The van der Waals surface area contributed by atoms with Crippen LogP contribution in [-0.2, 0) is 0 Å². The number of para-hydroxylation sites is 2. The molecule has 0 fully saturated rings. The van der Waals surface area contributed by atoms with Crippen LogP contribution in [0.15, 0.2) is 24.3 Å². The van der Waals surface area contributed by atoms with Crippen molar-refractivity contribution in [1.29, 1.82) is 0 Å². The van der Waals surface area contributed by atoms with Crippen molar-refractivity contribution >= 4 is 0 Å². The van der Waals surface area contributed by atoms with E-state index >= 15 is 0 Å². The second-order valence-electron chi connectivity index (χ2n) is 3.76. The van der Waals surface area contributed by atoms with Gasteiger partial charge in [-0.15, -0.1) is 15.0 Å². The average molecular weight is 218 g/mol. The molecule has 5 nitrogen and oxygen atoms in total. The third-order valence-electron chi connectivity index (χ3n) is 2.25. The van der Waals surface area contributed by atoms with E-state index in [1.807, 2.05) is 38.1 Å². The van der Waals surface area contributed by atoms with Crippen LogP contribution in [-0.4, -0.2) is 27.3 Å². The maximum Gasteiger partial charge on any atom is 0.177 e. The van der Waals surface area contributed by atoms with Gasteiger partial charge in [0, 0.05) is 5.92 Å². The molecule has 0 saturated heterocycles. The summed E-state index contributed by atoms with van der Waals surface area (Å²) in [6.45, 7) is 4.06. The molecule has 2 rings (SSSR count). The van der Waals surface area contributed by atoms with Gasteiger partial charge in [0.25, 0.3) is 0 Å². The molecule has 16 heavy (non-hydrogen) atoms. The van der Waals surface area contributed by atoms with Crippen LogP contribution in [0.5, 0.6) is 5.75 Å². The lowest BCUT2D eigenvalue weighted by molar-refractivity contribution is 0.409. The van der Waals surface area contributed by atoms with E-state index in [2.05, 4.69) is 15.4 Å². The van der Waals surface area contributed by atoms with Gasteiger partial charge in [-0.3, -0.25) is 0 Å². The Bertz CT molecular complexity index is 478. The fraction of sp³-hybridized carbons (Fsp3) is 0.364. The Hall–Kier alpha value is -1.91. The van der Waals surface area contributed by atoms with Crippen molar-refractivity contribution < 1.29 is 4.74 Å². The second kappa shape index (κ2) is 4.30. The van der Waals surface area contributed by atoms with Gasteiger partial charge >= 0.3 is 0 Å². The molecule has 0 unspecified atom stereocenters. The van der Waals surface area contributed by atoms with E-state index in [1.165, 1.54) is 4.80 Å². The monoisotopic (exact) mass is 218 g/mol. The molecule has 0 amide bonds. The summed E-state index contributed by atoms with van der Waals surface area (Å²) in [5.74, 6) is 1.73. The summed E-state index contributed by atoms with van der Waals surface area (Å²) in [5.41, 5.74) is 0.796. The zero-order valence-corrected chi connectivity index (χ0v) is 9.58. The molecular formula is C11H14N4O. The first-order valence-electron chi connectivity index (χ1n) is 5.15. The van der Waals surface area contributed by atoms with Crippen LogP contribution in [0.3, 0.4) is 0 Å². The molecule has 1 aromatic heterocycles. The first kappa shape index (κ1) is 10.6. The molecule has 0 saturated carbocycles. The second-order valence-corrected chi connectivity index (χ2v) is 3.76. The average Bonchev–Trinajstić information content (AvgIpc) is 2.78. The third kappa shape index (κ3) is 1.88. The molecule has 0 radical (unpaired) electrons. The van der Waals surface area contributed by atoms with E-state index in [0.29, 0.717) is 0 Å². The molecule has 0 bridgehead atoms. The Balaban J connectivity index is 2.42. The van der Waals surface area contributed by atoms with Gasteiger partial charge in [-0.2, -0.15) is 0 Å². The molecule has 0 atom stereocenters. The highest BCUT2D eigenvalue weighted by molar-refractivity contribution is 5.44. The highest BCUT2D eigenvalue weighted by Gasteiger charge is 2.10. The highest BCUT2D eigenvalue weighted by atomic mass is 16.5. The number of aromatic nitrogens is 4. The predicted molar refractivity (Wildman–Crippen MR) is 59.8 cm³/mol. The number of hydrogen-bond acceptors (Lipinski definition) is 4. The summed E-state index contributed by atoms with van der Waals surface area (Å²) in [4.78, 5) is 1.49. The van der Waals surface area contributed by atoms with Crippen LogP contribution in [0.1, 0.15) is 25.6 Å². The molecule has 2 aromatic rings. The largest absolute Gasteiger partial charge is 0.494 e. The fourth-order valence-corrected chi connectivity index (χ4v) is 1.35. The molecule has 0 aliphatic heterocycles. The van der Waals surface area contributed by atoms with Crippen LogP contribution in [0.25, 0.3) is 5.69 Å². The Morgan fingerprint density at radius 2 is 2.00 bits per heavy atom. The lowest BCUT2D eigenvalue weighted by Crippen LogP contribution is -2.02. The number of hydrogen-bond donors (Lipinski definition) is 0. The maximum atomic E-state index is 5.24. The summed E-state index contributed by atoms with van der Waals surface area (Å²) in [7, 11) is 1.62. The van der Waals surface area contributed by atoms with E-state index in [1.54, 1.807) is 7.11 Å². The summed E-state index contributed by atoms with van der Waals surface area (Å²) in [6.07, 6.45) is 0. The Kier molecular flexibility index (Phi) is 2.85. The SMILES string of the molecule is COc1ccccc1-n1nnc(C(C)C)n1. The van der Waals surface area contributed by atoms with Crippen molar-refractivity contribution in [3.05, 3.63) is 30.1 Å². The molecule has 5 heteroatoms. The fourth-order valence-electron chi connectivity index (χ4n) is 1.35. The smallest absolute Gasteiger partial charge is 0.177 e. The van der Waals surface area contributed by atoms with Crippen LogP contribution in [0.2, 0.25) is 0 Å². The van der Waals surface area contributed by atoms with Crippen molar-refractivity contribution in [2.45, 2.75) is 19.8 Å². The molecule has 0 aliphatic rings. The minimum Gasteiger partial charge on any atom is -0.494 e. The zero-order valence-electron chi connectivity index (χ0n) is 9.58. The van der Waals surface area contributed by atoms with Crippen molar-refractivity contribution in [2.24, 2.45) is 0 Å². The number of tetrazole rings is 1.